The van der Waals surface area contributed by atoms with Crippen LogP contribution in [0.3, 0.4) is 0 Å². The zero-order chi connectivity index (χ0) is 22.1. The van der Waals surface area contributed by atoms with E-state index in [1.165, 1.54) is 22.9 Å². The van der Waals surface area contributed by atoms with Gasteiger partial charge in [0.05, 0.1) is 22.7 Å². The molecule has 1 amide bonds. The van der Waals surface area contributed by atoms with Gasteiger partial charge in [0, 0.05) is 6.54 Å². The molecule has 1 aliphatic carbocycles. The summed E-state index contributed by atoms with van der Waals surface area (Å²) in [4.78, 5) is 25.7. The van der Waals surface area contributed by atoms with Crippen molar-refractivity contribution in [2.24, 2.45) is 0 Å². The zero-order valence-corrected chi connectivity index (χ0v) is 18.8. The minimum absolute atomic E-state index is 0.0281. The van der Waals surface area contributed by atoms with Crippen LogP contribution in [-0.4, -0.2) is 30.8 Å². The lowest BCUT2D eigenvalue weighted by Crippen LogP contribution is -2.32. The number of hydrogen-bond acceptors (Lipinski definition) is 5. The van der Waals surface area contributed by atoms with Crippen molar-refractivity contribution >= 4 is 34.3 Å². The van der Waals surface area contributed by atoms with Gasteiger partial charge in [-0.05, 0) is 48.9 Å². The first-order chi connectivity index (χ1) is 15.7. The summed E-state index contributed by atoms with van der Waals surface area (Å²) in [5.74, 6) is 0.722. The standard InChI is InChI=1S/C24H25N5O2S/c1-2-14-28-22(31)18-11-5-6-13-20(18)29-23(28)26-27-24(29)32-15-21(30)25-19-12-7-9-16-8-3-4-10-17(16)19/h3-6,8,10-11,13,19H,2,7,9,12,14-15H2,1H3,(H,25,30). The average molecular weight is 448 g/mol. The fourth-order valence-corrected chi connectivity index (χ4v) is 5.27. The highest BCUT2D eigenvalue weighted by Gasteiger charge is 2.22. The Bertz CT molecular complexity index is 1360. The van der Waals surface area contributed by atoms with E-state index in [2.05, 4.69) is 33.7 Å². The molecule has 0 saturated carbocycles. The number of aromatic nitrogens is 4. The highest BCUT2D eigenvalue weighted by molar-refractivity contribution is 7.99. The molecular formula is C24H25N5O2S. The third-order valence-corrected chi connectivity index (χ3v) is 6.89. The Hall–Kier alpha value is -3.13. The normalized spacial score (nSPS) is 15.7. The van der Waals surface area contributed by atoms with Crippen LogP contribution in [0.25, 0.3) is 16.7 Å². The lowest BCUT2D eigenvalue weighted by molar-refractivity contribution is -0.119. The van der Waals surface area contributed by atoms with E-state index in [1.807, 2.05) is 41.7 Å². The number of thioether (sulfide) groups is 1. The van der Waals surface area contributed by atoms with Gasteiger partial charge in [-0.2, -0.15) is 0 Å². The van der Waals surface area contributed by atoms with Gasteiger partial charge in [0.1, 0.15) is 0 Å². The topological polar surface area (TPSA) is 81.3 Å². The summed E-state index contributed by atoms with van der Waals surface area (Å²) in [5.41, 5.74) is 3.24. The van der Waals surface area contributed by atoms with E-state index < -0.39 is 0 Å². The highest BCUT2D eigenvalue weighted by Crippen LogP contribution is 2.29. The van der Waals surface area contributed by atoms with E-state index in [1.54, 1.807) is 4.57 Å². The van der Waals surface area contributed by atoms with Crippen LogP contribution >= 0.6 is 11.8 Å². The van der Waals surface area contributed by atoms with E-state index in [9.17, 15) is 9.59 Å². The van der Waals surface area contributed by atoms with E-state index in [0.29, 0.717) is 22.9 Å². The number of carbonyl (C=O) groups excluding carboxylic acids is 1. The van der Waals surface area contributed by atoms with Crippen LogP contribution in [0, 0.1) is 0 Å². The number of nitrogens with zero attached hydrogens (tertiary/aromatic N) is 4. The Morgan fingerprint density at radius 1 is 1.16 bits per heavy atom. The van der Waals surface area contributed by atoms with Crippen LogP contribution in [0.1, 0.15) is 43.4 Å². The monoisotopic (exact) mass is 447 g/mol. The van der Waals surface area contributed by atoms with Crippen LogP contribution in [-0.2, 0) is 17.8 Å². The molecular weight excluding hydrogens is 422 g/mol. The fraction of sp³-hybridized carbons (Fsp3) is 0.333. The Morgan fingerprint density at radius 3 is 2.84 bits per heavy atom. The smallest absolute Gasteiger partial charge is 0.262 e. The van der Waals surface area contributed by atoms with Crippen molar-refractivity contribution in [1.29, 1.82) is 0 Å². The maximum absolute atomic E-state index is 12.9. The molecule has 7 nitrogen and oxygen atoms in total. The molecule has 0 bridgehead atoms. The summed E-state index contributed by atoms with van der Waals surface area (Å²) in [6, 6.07) is 15.9. The first-order valence-corrected chi connectivity index (χ1v) is 12.0. The van der Waals surface area contributed by atoms with Gasteiger partial charge < -0.3 is 5.32 Å². The quantitative estimate of drug-likeness (QED) is 0.456. The van der Waals surface area contributed by atoms with Crippen molar-refractivity contribution in [2.45, 2.75) is 50.4 Å². The molecule has 0 saturated heterocycles. The Kier molecular flexibility index (Phi) is 5.70. The third-order valence-electron chi connectivity index (χ3n) is 5.96. The number of para-hydroxylation sites is 1. The van der Waals surface area contributed by atoms with Crippen molar-refractivity contribution in [3.63, 3.8) is 0 Å². The molecule has 2 aromatic carbocycles. The van der Waals surface area contributed by atoms with E-state index in [-0.39, 0.29) is 23.3 Å². The van der Waals surface area contributed by atoms with E-state index in [0.717, 1.165) is 31.2 Å². The predicted octanol–water partition coefficient (Wildman–Crippen LogP) is 3.74. The van der Waals surface area contributed by atoms with E-state index in [4.69, 9.17) is 0 Å². The number of hydrogen-bond donors (Lipinski definition) is 1. The maximum Gasteiger partial charge on any atom is 0.262 e. The summed E-state index contributed by atoms with van der Waals surface area (Å²) in [6.45, 7) is 2.59. The molecule has 0 fully saturated rings. The summed E-state index contributed by atoms with van der Waals surface area (Å²) in [5, 5.41) is 13.0. The summed E-state index contributed by atoms with van der Waals surface area (Å²) in [7, 11) is 0. The molecule has 1 unspecified atom stereocenters. The number of carbonyl (C=O) groups is 1. The van der Waals surface area contributed by atoms with Crippen LogP contribution in [0.5, 0.6) is 0 Å². The number of benzene rings is 2. The van der Waals surface area contributed by atoms with Crippen LogP contribution in [0.15, 0.2) is 58.5 Å². The Balaban J connectivity index is 1.41. The van der Waals surface area contributed by atoms with Crippen molar-refractivity contribution in [3.05, 3.63) is 70.0 Å². The lowest BCUT2D eigenvalue weighted by Gasteiger charge is -2.26. The van der Waals surface area contributed by atoms with Crippen molar-refractivity contribution in [2.75, 3.05) is 5.75 Å². The SMILES string of the molecule is CCCn1c(=O)c2ccccc2n2c(SCC(=O)NC3CCCc4ccccc43)nnc12. The predicted molar refractivity (Wildman–Crippen MR) is 126 cm³/mol. The second-order valence-electron chi connectivity index (χ2n) is 8.09. The molecule has 2 aromatic heterocycles. The fourth-order valence-electron chi connectivity index (χ4n) is 4.52. The summed E-state index contributed by atoms with van der Waals surface area (Å²) in [6.07, 6.45) is 3.91. The number of amides is 1. The zero-order valence-electron chi connectivity index (χ0n) is 18.0. The van der Waals surface area contributed by atoms with Gasteiger partial charge in [0.2, 0.25) is 11.7 Å². The summed E-state index contributed by atoms with van der Waals surface area (Å²) >= 11 is 1.34. The number of fused-ring (bicyclic) bond motifs is 4. The minimum atomic E-state index is -0.0624. The minimum Gasteiger partial charge on any atom is -0.349 e. The van der Waals surface area contributed by atoms with Gasteiger partial charge in [-0.15, -0.1) is 10.2 Å². The first-order valence-electron chi connectivity index (χ1n) is 11.0. The van der Waals surface area contributed by atoms with Crippen molar-refractivity contribution < 1.29 is 4.79 Å². The number of aryl methyl sites for hydroxylation is 2. The Morgan fingerprint density at radius 2 is 1.97 bits per heavy atom. The summed E-state index contributed by atoms with van der Waals surface area (Å²) < 4.78 is 3.55. The largest absolute Gasteiger partial charge is 0.349 e. The van der Waals surface area contributed by atoms with Crippen molar-refractivity contribution in [1.82, 2.24) is 24.5 Å². The molecule has 8 heteroatoms. The maximum atomic E-state index is 12.9. The lowest BCUT2D eigenvalue weighted by atomic mass is 9.88. The molecule has 1 atom stereocenters. The van der Waals surface area contributed by atoms with Gasteiger partial charge in [0.15, 0.2) is 5.16 Å². The van der Waals surface area contributed by atoms with Gasteiger partial charge in [-0.25, -0.2) is 0 Å². The Labute approximate surface area is 189 Å². The van der Waals surface area contributed by atoms with Gasteiger partial charge in [0.25, 0.3) is 5.56 Å². The molecule has 5 rings (SSSR count). The number of nitrogens with one attached hydrogen (secondary N) is 1. The van der Waals surface area contributed by atoms with Crippen molar-refractivity contribution in [3.8, 4) is 0 Å². The average Bonchev–Trinajstić information content (AvgIpc) is 3.25. The highest BCUT2D eigenvalue weighted by atomic mass is 32.2. The van der Waals surface area contributed by atoms with Gasteiger partial charge in [-0.1, -0.05) is 55.1 Å². The molecule has 1 N–H and O–H groups in total. The van der Waals surface area contributed by atoms with Crippen LogP contribution in [0.2, 0.25) is 0 Å². The molecule has 2 heterocycles. The molecule has 0 radical (unpaired) electrons. The second-order valence-corrected chi connectivity index (χ2v) is 9.03. The van der Waals surface area contributed by atoms with Crippen LogP contribution in [0.4, 0.5) is 0 Å². The molecule has 0 aliphatic heterocycles. The van der Waals surface area contributed by atoms with Gasteiger partial charge >= 0.3 is 0 Å². The number of rotatable bonds is 6. The molecule has 0 spiro atoms. The van der Waals surface area contributed by atoms with Crippen LogP contribution < -0.4 is 10.9 Å². The first kappa shape index (κ1) is 20.8. The second kappa shape index (κ2) is 8.78. The molecule has 164 valence electrons. The van der Waals surface area contributed by atoms with E-state index >= 15 is 0 Å². The molecule has 32 heavy (non-hydrogen) atoms. The molecule has 1 aliphatic rings. The molecule has 4 aromatic rings. The van der Waals surface area contributed by atoms with Gasteiger partial charge in [-0.3, -0.25) is 18.6 Å². The third kappa shape index (κ3) is 3.68.